The Morgan fingerprint density at radius 1 is 0.909 bits per heavy atom. The summed E-state index contributed by atoms with van der Waals surface area (Å²) in [6.07, 6.45) is 3.20. The van der Waals surface area contributed by atoms with E-state index in [1.165, 1.54) is 16.3 Å². The van der Waals surface area contributed by atoms with E-state index in [1.807, 2.05) is 36.4 Å². The van der Waals surface area contributed by atoms with Crippen LogP contribution < -0.4 is 10.1 Å². The van der Waals surface area contributed by atoms with Crippen molar-refractivity contribution in [2.75, 3.05) is 0 Å². The first-order chi connectivity index (χ1) is 16.2. The molecule has 0 bridgehead atoms. The number of rotatable bonds is 7. The van der Waals surface area contributed by atoms with Crippen LogP contribution in [0.25, 0.3) is 10.8 Å². The molecule has 0 heterocycles. The molecule has 5 rings (SSSR count). The van der Waals surface area contributed by atoms with E-state index in [4.69, 9.17) is 4.74 Å². The van der Waals surface area contributed by atoms with Crippen molar-refractivity contribution < 1.29 is 9.13 Å². The first kappa shape index (κ1) is 21.7. The normalized spacial score (nSPS) is 19.0. The van der Waals surface area contributed by atoms with Gasteiger partial charge < -0.3 is 10.1 Å². The van der Waals surface area contributed by atoms with Crippen LogP contribution in [-0.2, 0) is 6.61 Å². The van der Waals surface area contributed by atoms with Gasteiger partial charge in [0, 0.05) is 12.1 Å². The average Bonchev–Trinajstić information content (AvgIpc) is 3.32. The summed E-state index contributed by atoms with van der Waals surface area (Å²) in [5.74, 6) is 0.420. The summed E-state index contributed by atoms with van der Waals surface area (Å²) in [4.78, 5) is 0. The van der Waals surface area contributed by atoms with E-state index in [1.54, 1.807) is 12.1 Å². The Hall–Kier alpha value is -3.17. The number of fused-ring (bicyclic) bond motifs is 1. The SMILES string of the molecule is C[C@@H](N[C@H]1CC[C@@H](c2ccc(OCc3ccccc3)c(F)c2)C1)c1cccc2ccccc12. The van der Waals surface area contributed by atoms with Crippen LogP contribution in [0.5, 0.6) is 5.75 Å². The van der Waals surface area contributed by atoms with Crippen LogP contribution in [0.1, 0.15) is 54.8 Å². The van der Waals surface area contributed by atoms with E-state index < -0.39 is 0 Å². The molecule has 0 aromatic heterocycles. The standard InChI is InChI=1S/C30H30FNO/c1-21(27-13-7-11-23-10-5-6-12-28(23)27)32-26-16-14-24(18-26)25-15-17-30(29(31)19-25)33-20-22-8-3-2-4-9-22/h2-13,15,17,19,21,24,26,32H,14,16,18,20H2,1H3/t21-,24-,26+/m1/s1. The zero-order valence-electron chi connectivity index (χ0n) is 19.0. The van der Waals surface area contributed by atoms with Gasteiger partial charge >= 0.3 is 0 Å². The molecule has 33 heavy (non-hydrogen) atoms. The van der Waals surface area contributed by atoms with Crippen molar-refractivity contribution in [3.8, 4) is 5.75 Å². The Labute approximate surface area is 195 Å². The molecule has 0 aliphatic heterocycles. The van der Waals surface area contributed by atoms with E-state index in [0.717, 1.165) is 30.4 Å². The van der Waals surface area contributed by atoms with Gasteiger partial charge in [-0.3, -0.25) is 0 Å². The lowest BCUT2D eigenvalue weighted by molar-refractivity contribution is 0.290. The van der Waals surface area contributed by atoms with Crippen LogP contribution in [0.4, 0.5) is 4.39 Å². The lowest BCUT2D eigenvalue weighted by Crippen LogP contribution is -2.29. The number of halogens is 1. The molecule has 0 saturated heterocycles. The Balaban J connectivity index is 1.21. The molecule has 2 nitrogen and oxygen atoms in total. The molecule has 168 valence electrons. The molecule has 3 atom stereocenters. The molecule has 1 aliphatic carbocycles. The van der Waals surface area contributed by atoms with Crippen LogP contribution in [0.15, 0.2) is 91.0 Å². The maximum atomic E-state index is 14.7. The van der Waals surface area contributed by atoms with Crippen LogP contribution in [0, 0.1) is 5.82 Å². The highest BCUT2D eigenvalue weighted by Gasteiger charge is 2.28. The Bertz CT molecular complexity index is 1220. The highest BCUT2D eigenvalue weighted by molar-refractivity contribution is 5.86. The smallest absolute Gasteiger partial charge is 0.165 e. The number of benzene rings is 4. The number of hydrogen-bond donors (Lipinski definition) is 1. The summed E-state index contributed by atoms with van der Waals surface area (Å²) in [5, 5.41) is 6.42. The van der Waals surface area contributed by atoms with Gasteiger partial charge in [0.05, 0.1) is 0 Å². The zero-order chi connectivity index (χ0) is 22.6. The molecular formula is C30H30FNO. The fraction of sp³-hybridized carbons (Fsp3) is 0.267. The number of ether oxygens (including phenoxy) is 1. The summed E-state index contributed by atoms with van der Waals surface area (Å²) < 4.78 is 20.5. The van der Waals surface area contributed by atoms with Crippen LogP contribution in [-0.4, -0.2) is 6.04 Å². The average molecular weight is 440 g/mol. The van der Waals surface area contributed by atoms with E-state index in [2.05, 4.69) is 54.7 Å². The van der Waals surface area contributed by atoms with E-state index in [9.17, 15) is 4.39 Å². The van der Waals surface area contributed by atoms with Gasteiger partial charge in [-0.25, -0.2) is 4.39 Å². The Kier molecular flexibility index (Phi) is 6.41. The predicted molar refractivity (Wildman–Crippen MR) is 133 cm³/mol. The molecule has 1 N–H and O–H groups in total. The minimum Gasteiger partial charge on any atom is -0.486 e. The summed E-state index contributed by atoms with van der Waals surface area (Å²) in [6, 6.07) is 31.1. The molecule has 1 aliphatic rings. The highest BCUT2D eigenvalue weighted by Crippen LogP contribution is 2.37. The molecule has 1 saturated carbocycles. The fourth-order valence-corrected chi connectivity index (χ4v) is 5.13. The summed E-state index contributed by atoms with van der Waals surface area (Å²) in [6.45, 7) is 2.62. The number of nitrogens with one attached hydrogen (secondary N) is 1. The summed E-state index contributed by atoms with van der Waals surface area (Å²) in [5.41, 5.74) is 3.44. The molecule has 0 unspecified atom stereocenters. The second kappa shape index (κ2) is 9.76. The van der Waals surface area contributed by atoms with E-state index in [-0.39, 0.29) is 11.9 Å². The van der Waals surface area contributed by atoms with Gasteiger partial charge in [-0.15, -0.1) is 0 Å². The lowest BCUT2D eigenvalue weighted by Gasteiger charge is -2.21. The third-order valence-corrected chi connectivity index (χ3v) is 6.87. The van der Waals surface area contributed by atoms with E-state index in [0.29, 0.717) is 24.3 Å². The van der Waals surface area contributed by atoms with Crippen LogP contribution >= 0.6 is 0 Å². The monoisotopic (exact) mass is 439 g/mol. The number of hydrogen-bond acceptors (Lipinski definition) is 2. The van der Waals surface area contributed by atoms with Gasteiger partial charge in [0.2, 0.25) is 0 Å². The fourth-order valence-electron chi connectivity index (χ4n) is 5.13. The maximum absolute atomic E-state index is 14.7. The zero-order valence-corrected chi connectivity index (χ0v) is 19.0. The Morgan fingerprint density at radius 3 is 2.55 bits per heavy atom. The van der Waals surface area contributed by atoms with Gasteiger partial charge in [-0.2, -0.15) is 0 Å². The van der Waals surface area contributed by atoms with Gasteiger partial charge in [0.15, 0.2) is 11.6 Å². The van der Waals surface area contributed by atoms with Gasteiger partial charge in [0.25, 0.3) is 0 Å². The largest absolute Gasteiger partial charge is 0.486 e. The minimum absolute atomic E-state index is 0.269. The van der Waals surface area contributed by atoms with Crippen molar-refractivity contribution >= 4 is 10.8 Å². The van der Waals surface area contributed by atoms with Crippen molar-refractivity contribution in [3.05, 3.63) is 114 Å². The summed E-state index contributed by atoms with van der Waals surface area (Å²) >= 11 is 0. The van der Waals surface area contributed by atoms with Gasteiger partial charge in [-0.1, -0.05) is 78.9 Å². The second-order valence-corrected chi connectivity index (χ2v) is 9.13. The van der Waals surface area contributed by atoms with Crippen molar-refractivity contribution in [2.45, 2.75) is 50.8 Å². The lowest BCUT2D eigenvalue weighted by atomic mass is 9.96. The highest BCUT2D eigenvalue weighted by atomic mass is 19.1. The van der Waals surface area contributed by atoms with Crippen LogP contribution in [0.3, 0.4) is 0 Å². The predicted octanol–water partition coefficient (Wildman–Crippen LogP) is 7.54. The molecule has 4 aromatic rings. The first-order valence-electron chi connectivity index (χ1n) is 11.9. The molecule has 3 heteroatoms. The molecule has 0 radical (unpaired) electrons. The van der Waals surface area contributed by atoms with Gasteiger partial charge in [0.1, 0.15) is 6.61 Å². The molecule has 1 fully saturated rings. The van der Waals surface area contributed by atoms with Crippen molar-refractivity contribution in [1.29, 1.82) is 0 Å². The summed E-state index contributed by atoms with van der Waals surface area (Å²) in [7, 11) is 0. The third kappa shape index (κ3) is 4.94. The topological polar surface area (TPSA) is 21.3 Å². The van der Waals surface area contributed by atoms with E-state index >= 15 is 0 Å². The molecule has 0 spiro atoms. The Morgan fingerprint density at radius 2 is 1.70 bits per heavy atom. The quantitative estimate of drug-likeness (QED) is 0.321. The van der Waals surface area contributed by atoms with Crippen molar-refractivity contribution in [2.24, 2.45) is 0 Å². The third-order valence-electron chi connectivity index (χ3n) is 6.87. The van der Waals surface area contributed by atoms with Crippen molar-refractivity contribution in [3.63, 3.8) is 0 Å². The van der Waals surface area contributed by atoms with Crippen molar-refractivity contribution in [1.82, 2.24) is 5.32 Å². The molecule has 4 aromatic carbocycles. The second-order valence-electron chi connectivity index (χ2n) is 9.13. The minimum atomic E-state index is -0.274. The maximum Gasteiger partial charge on any atom is 0.165 e. The van der Waals surface area contributed by atoms with Gasteiger partial charge in [-0.05, 0) is 71.7 Å². The van der Waals surface area contributed by atoms with Crippen LogP contribution in [0.2, 0.25) is 0 Å². The molecule has 0 amide bonds. The molecular weight excluding hydrogens is 409 g/mol. The first-order valence-corrected chi connectivity index (χ1v) is 11.9.